The van der Waals surface area contributed by atoms with E-state index in [1.54, 1.807) is 0 Å². The van der Waals surface area contributed by atoms with E-state index in [0.29, 0.717) is 0 Å². The van der Waals surface area contributed by atoms with E-state index in [1.165, 1.54) is 0 Å². The summed E-state index contributed by atoms with van der Waals surface area (Å²) in [5.41, 5.74) is 3.85. The lowest BCUT2D eigenvalue weighted by Crippen LogP contribution is -2.24. The zero-order valence-electron chi connectivity index (χ0n) is 14.6. The van der Waals surface area contributed by atoms with Crippen LogP contribution >= 0.6 is 8.60 Å². The van der Waals surface area contributed by atoms with Crippen LogP contribution in [0, 0.1) is 6.92 Å². The van der Waals surface area contributed by atoms with Crippen LogP contribution in [0.3, 0.4) is 0 Å². The molecule has 0 saturated carbocycles. The van der Waals surface area contributed by atoms with Gasteiger partial charge in [0.25, 0.3) is 0 Å². The molecule has 1 atom stereocenters. The molecule has 1 rings (SSSR count). The molecule has 0 spiro atoms. The molecule has 0 radical (unpaired) electrons. The lowest BCUT2D eigenvalue weighted by molar-refractivity contribution is 0.0963. The molecule has 0 heterocycles. The molecule has 5 heteroatoms. The van der Waals surface area contributed by atoms with E-state index in [2.05, 4.69) is 60.6 Å². The Morgan fingerprint density at radius 2 is 1.41 bits per heavy atom. The van der Waals surface area contributed by atoms with E-state index in [-0.39, 0.29) is 17.4 Å². The smallest absolute Gasteiger partial charge is 0.327 e. The van der Waals surface area contributed by atoms with Crippen molar-refractivity contribution in [2.75, 3.05) is 6.61 Å². The molecule has 0 bridgehead atoms. The van der Waals surface area contributed by atoms with Gasteiger partial charge >= 0.3 is 8.60 Å². The summed E-state index contributed by atoms with van der Waals surface area (Å²) in [6, 6.07) is 4.18. The van der Waals surface area contributed by atoms with Gasteiger partial charge in [-0.15, -0.1) is 0 Å². The van der Waals surface area contributed by atoms with Crippen LogP contribution in [0.5, 0.6) is 0 Å². The first-order valence-corrected chi connectivity index (χ1v) is 8.65. The maximum atomic E-state index is 10.6. The second kappa shape index (κ2) is 6.94. The van der Waals surface area contributed by atoms with Gasteiger partial charge < -0.3 is 19.4 Å². The third-order valence-corrected chi connectivity index (χ3v) is 4.00. The van der Waals surface area contributed by atoms with Crippen molar-refractivity contribution in [2.24, 2.45) is 0 Å². The first-order chi connectivity index (χ1) is 9.84. The quantitative estimate of drug-likeness (QED) is 0.734. The zero-order chi connectivity index (χ0) is 17.3. The number of benzene rings is 1. The van der Waals surface area contributed by atoms with Crippen LogP contribution in [0.25, 0.3) is 0 Å². The number of aliphatic hydroxyl groups is 1. The minimum absolute atomic E-state index is 0.131. The summed E-state index contributed by atoms with van der Waals surface area (Å²) >= 11 is 0. The van der Waals surface area contributed by atoms with Crippen LogP contribution in [-0.4, -0.2) is 21.5 Å². The zero-order valence-corrected chi connectivity index (χ0v) is 15.5. The summed E-state index contributed by atoms with van der Waals surface area (Å²) < 4.78 is 4.85. The SMILES string of the molecule is Cc1cc(C(C)(C)C)c(C(O)COP(O)O)c(C(C)(C)C)c1. The summed E-state index contributed by atoms with van der Waals surface area (Å²) in [7, 11) is -2.47. The number of hydrogen-bond donors (Lipinski definition) is 3. The summed E-state index contributed by atoms with van der Waals surface area (Å²) in [5.74, 6) is 0. The van der Waals surface area contributed by atoms with Crippen molar-refractivity contribution >= 4 is 8.60 Å². The Bertz CT molecular complexity index is 477. The lowest BCUT2D eigenvalue weighted by atomic mass is 9.74. The molecule has 4 nitrogen and oxygen atoms in total. The van der Waals surface area contributed by atoms with E-state index in [1.807, 2.05) is 0 Å². The van der Waals surface area contributed by atoms with Crippen LogP contribution in [0.1, 0.15) is 69.9 Å². The fourth-order valence-corrected chi connectivity index (χ4v) is 2.89. The predicted molar refractivity (Wildman–Crippen MR) is 90.8 cm³/mol. The molecule has 0 fully saturated rings. The van der Waals surface area contributed by atoms with Crippen LogP contribution in [0.15, 0.2) is 12.1 Å². The number of aliphatic hydroxyl groups excluding tert-OH is 1. The molecule has 126 valence electrons. The summed E-state index contributed by atoms with van der Waals surface area (Å²) in [6.45, 7) is 14.6. The Morgan fingerprint density at radius 1 is 1.00 bits per heavy atom. The van der Waals surface area contributed by atoms with Gasteiger partial charge in [-0.05, 0) is 34.4 Å². The largest absolute Gasteiger partial charge is 0.386 e. The summed E-state index contributed by atoms with van der Waals surface area (Å²) in [5, 5.41) is 10.6. The average Bonchev–Trinajstić information content (AvgIpc) is 2.32. The van der Waals surface area contributed by atoms with Crippen LogP contribution in [-0.2, 0) is 15.4 Å². The lowest BCUT2D eigenvalue weighted by Gasteiger charge is -2.33. The van der Waals surface area contributed by atoms with Crippen molar-refractivity contribution in [2.45, 2.75) is 65.4 Å². The van der Waals surface area contributed by atoms with Gasteiger partial charge in [0.15, 0.2) is 0 Å². The van der Waals surface area contributed by atoms with Crippen molar-refractivity contribution in [3.63, 3.8) is 0 Å². The molecular formula is C17H29O4P. The molecule has 3 N–H and O–H groups in total. The molecule has 0 aromatic heterocycles. The fourth-order valence-electron chi connectivity index (χ4n) is 2.62. The second-order valence-corrected chi connectivity index (χ2v) is 8.60. The maximum absolute atomic E-state index is 10.6. The van der Waals surface area contributed by atoms with Gasteiger partial charge in [-0.1, -0.05) is 59.2 Å². The van der Waals surface area contributed by atoms with Gasteiger partial charge in [0.1, 0.15) is 6.10 Å². The molecule has 0 amide bonds. The first-order valence-electron chi connectivity index (χ1n) is 7.48. The molecule has 22 heavy (non-hydrogen) atoms. The highest BCUT2D eigenvalue weighted by atomic mass is 31.2. The van der Waals surface area contributed by atoms with Gasteiger partial charge in [-0.3, -0.25) is 0 Å². The Hall–Kier alpha value is -0.510. The van der Waals surface area contributed by atoms with Gasteiger partial charge in [-0.25, -0.2) is 0 Å². The molecule has 0 aliphatic rings. The second-order valence-electron chi connectivity index (χ2n) is 7.84. The highest BCUT2D eigenvalue weighted by molar-refractivity contribution is 7.39. The minimum Gasteiger partial charge on any atom is -0.386 e. The van der Waals surface area contributed by atoms with Crippen molar-refractivity contribution < 1.29 is 19.4 Å². The monoisotopic (exact) mass is 328 g/mol. The average molecular weight is 328 g/mol. The van der Waals surface area contributed by atoms with E-state index < -0.39 is 14.7 Å². The molecule has 1 aromatic rings. The maximum Gasteiger partial charge on any atom is 0.327 e. The molecule has 0 aliphatic heterocycles. The Morgan fingerprint density at radius 3 is 1.73 bits per heavy atom. The molecule has 1 aromatic carbocycles. The third kappa shape index (κ3) is 5.00. The van der Waals surface area contributed by atoms with Gasteiger partial charge in [0, 0.05) is 0 Å². The van der Waals surface area contributed by atoms with Gasteiger partial charge in [0.2, 0.25) is 0 Å². The normalized spacial score (nSPS) is 14.5. The fraction of sp³-hybridized carbons (Fsp3) is 0.647. The highest BCUT2D eigenvalue weighted by Gasteiger charge is 2.29. The number of hydrogen-bond acceptors (Lipinski definition) is 4. The van der Waals surface area contributed by atoms with Gasteiger partial charge in [-0.2, -0.15) is 0 Å². The third-order valence-electron chi connectivity index (χ3n) is 3.62. The number of aryl methyl sites for hydroxylation is 1. The van der Waals surface area contributed by atoms with E-state index in [0.717, 1.165) is 22.3 Å². The Balaban J connectivity index is 3.48. The standard InChI is InChI=1S/C17H29O4P/c1-11-8-12(16(2,3)4)15(13(9-11)17(5,6)7)14(18)10-21-22(19)20/h8-9,14,18-20H,10H2,1-7H3. The Labute approximate surface area is 135 Å². The topological polar surface area (TPSA) is 69.9 Å². The highest BCUT2D eigenvalue weighted by Crippen LogP contribution is 2.39. The first kappa shape index (κ1) is 19.5. The van der Waals surface area contributed by atoms with Crippen molar-refractivity contribution in [3.8, 4) is 0 Å². The molecular weight excluding hydrogens is 299 g/mol. The van der Waals surface area contributed by atoms with Crippen LogP contribution in [0.4, 0.5) is 0 Å². The van der Waals surface area contributed by atoms with Crippen LogP contribution < -0.4 is 0 Å². The van der Waals surface area contributed by atoms with E-state index in [4.69, 9.17) is 14.3 Å². The van der Waals surface area contributed by atoms with Crippen molar-refractivity contribution in [3.05, 3.63) is 34.4 Å². The van der Waals surface area contributed by atoms with E-state index in [9.17, 15) is 5.11 Å². The van der Waals surface area contributed by atoms with Gasteiger partial charge in [0.05, 0.1) is 6.61 Å². The van der Waals surface area contributed by atoms with Crippen molar-refractivity contribution in [1.82, 2.24) is 0 Å². The van der Waals surface area contributed by atoms with Crippen molar-refractivity contribution in [1.29, 1.82) is 0 Å². The number of rotatable bonds is 4. The van der Waals surface area contributed by atoms with Crippen LogP contribution in [0.2, 0.25) is 0 Å². The Kier molecular flexibility index (Phi) is 6.16. The molecule has 0 aliphatic carbocycles. The minimum atomic E-state index is -2.47. The van der Waals surface area contributed by atoms with E-state index >= 15 is 0 Å². The molecule has 1 unspecified atom stereocenters. The molecule has 0 saturated heterocycles. The summed E-state index contributed by atoms with van der Waals surface area (Å²) in [6.07, 6.45) is -0.895. The predicted octanol–water partition coefficient (Wildman–Crippen LogP) is 3.85. The summed E-state index contributed by atoms with van der Waals surface area (Å²) in [4.78, 5) is 17.9.